The predicted molar refractivity (Wildman–Crippen MR) is 74.0 cm³/mol. The molecule has 2 rings (SSSR count). The third-order valence-electron chi connectivity index (χ3n) is 2.73. The minimum Gasteiger partial charge on any atom is -0.506 e. The lowest BCUT2D eigenvalue weighted by molar-refractivity contribution is -0.149. The average Bonchev–Trinajstić information content (AvgIpc) is 2.31. The largest absolute Gasteiger partial charge is 0.506 e. The Hall–Kier alpha value is -0.790. The van der Waals surface area contributed by atoms with Crippen molar-refractivity contribution in [2.45, 2.75) is 12.2 Å². The molecule has 2 aromatic rings. The summed E-state index contributed by atoms with van der Waals surface area (Å²) in [4.78, 5) is 0. The molecule has 0 saturated carbocycles. The van der Waals surface area contributed by atoms with Gasteiger partial charge >= 0.3 is 6.18 Å². The van der Waals surface area contributed by atoms with E-state index in [1.807, 2.05) is 0 Å². The van der Waals surface area contributed by atoms with E-state index in [4.69, 9.17) is 5.73 Å². The van der Waals surface area contributed by atoms with Crippen molar-refractivity contribution in [1.82, 2.24) is 0 Å². The first-order chi connectivity index (χ1) is 8.71. The van der Waals surface area contributed by atoms with Crippen molar-refractivity contribution in [3.63, 3.8) is 0 Å². The van der Waals surface area contributed by atoms with E-state index in [1.165, 1.54) is 6.07 Å². The molecule has 0 aliphatic heterocycles. The Morgan fingerprint density at radius 3 is 2.37 bits per heavy atom. The van der Waals surface area contributed by atoms with Crippen LogP contribution in [0.1, 0.15) is 11.6 Å². The van der Waals surface area contributed by atoms with E-state index >= 15 is 0 Å². The normalized spacial score (nSPS) is 13.8. The van der Waals surface area contributed by atoms with Crippen LogP contribution in [0.5, 0.6) is 5.75 Å². The fourth-order valence-electron chi connectivity index (χ4n) is 1.76. The van der Waals surface area contributed by atoms with Crippen LogP contribution < -0.4 is 5.73 Å². The van der Waals surface area contributed by atoms with Gasteiger partial charge in [-0.2, -0.15) is 13.2 Å². The monoisotopic (exact) mass is 397 g/mol. The molecule has 102 valence electrons. The van der Waals surface area contributed by atoms with Gasteiger partial charge in [-0.05, 0) is 44.9 Å². The second-order valence-electron chi connectivity index (χ2n) is 4.01. The molecule has 0 unspecified atom stereocenters. The van der Waals surface area contributed by atoms with E-state index in [9.17, 15) is 18.3 Å². The number of fused-ring (bicyclic) bond motifs is 1. The molecule has 1 atom stereocenters. The first-order valence-corrected chi connectivity index (χ1v) is 6.73. The summed E-state index contributed by atoms with van der Waals surface area (Å²) in [5.41, 5.74) is 4.80. The van der Waals surface area contributed by atoms with Gasteiger partial charge in [0.1, 0.15) is 11.8 Å². The standard InChI is InChI=1S/C12H8Br2F3NO/c13-6-1-2-7-5(3-6)4-8(10(19)9(7)14)11(18)12(15,16)17/h1-4,11,19H,18H2/t11-/m1/s1. The second kappa shape index (κ2) is 4.96. The lowest BCUT2D eigenvalue weighted by Crippen LogP contribution is -2.28. The Bertz CT molecular complexity index is 643. The maximum Gasteiger partial charge on any atom is 0.407 e. The molecule has 0 fully saturated rings. The molecule has 0 aromatic heterocycles. The fraction of sp³-hybridized carbons (Fsp3) is 0.167. The Morgan fingerprint density at radius 1 is 1.16 bits per heavy atom. The van der Waals surface area contributed by atoms with Crippen molar-refractivity contribution in [3.05, 3.63) is 38.8 Å². The zero-order chi connectivity index (χ0) is 14.4. The number of halogens is 5. The summed E-state index contributed by atoms with van der Waals surface area (Å²) in [6.07, 6.45) is -4.61. The fourth-order valence-corrected chi connectivity index (χ4v) is 2.73. The maximum atomic E-state index is 12.7. The topological polar surface area (TPSA) is 46.2 Å². The number of aromatic hydroxyl groups is 1. The van der Waals surface area contributed by atoms with Gasteiger partial charge in [0.15, 0.2) is 0 Å². The van der Waals surface area contributed by atoms with Gasteiger partial charge < -0.3 is 10.8 Å². The summed E-state index contributed by atoms with van der Waals surface area (Å²) in [6.45, 7) is 0. The van der Waals surface area contributed by atoms with Crippen LogP contribution in [0.25, 0.3) is 10.8 Å². The van der Waals surface area contributed by atoms with Crippen molar-refractivity contribution in [2.75, 3.05) is 0 Å². The Balaban J connectivity index is 2.73. The summed E-state index contributed by atoms with van der Waals surface area (Å²) in [5, 5.41) is 11.0. The number of benzene rings is 2. The van der Waals surface area contributed by atoms with E-state index in [2.05, 4.69) is 31.9 Å². The van der Waals surface area contributed by atoms with Crippen LogP contribution in [0, 0.1) is 0 Å². The van der Waals surface area contributed by atoms with E-state index in [0.717, 1.165) is 4.47 Å². The molecule has 0 spiro atoms. The van der Waals surface area contributed by atoms with Crippen molar-refractivity contribution in [1.29, 1.82) is 0 Å². The molecule has 7 heteroatoms. The lowest BCUT2D eigenvalue weighted by atomic mass is 10.0. The molecule has 2 aromatic carbocycles. The van der Waals surface area contributed by atoms with E-state index in [0.29, 0.717) is 10.8 Å². The summed E-state index contributed by atoms with van der Waals surface area (Å²) < 4.78 is 38.9. The smallest absolute Gasteiger partial charge is 0.407 e. The van der Waals surface area contributed by atoms with E-state index < -0.39 is 18.0 Å². The average molecular weight is 399 g/mol. The van der Waals surface area contributed by atoms with Gasteiger partial charge in [-0.25, -0.2) is 0 Å². The van der Waals surface area contributed by atoms with Gasteiger partial charge in [-0.1, -0.05) is 22.0 Å². The molecule has 2 nitrogen and oxygen atoms in total. The van der Waals surface area contributed by atoms with Crippen LogP contribution in [0.2, 0.25) is 0 Å². The van der Waals surface area contributed by atoms with Crippen LogP contribution in [0.15, 0.2) is 33.2 Å². The first-order valence-electron chi connectivity index (χ1n) is 5.14. The van der Waals surface area contributed by atoms with Crippen LogP contribution in [0.3, 0.4) is 0 Å². The van der Waals surface area contributed by atoms with Gasteiger partial charge in [-0.3, -0.25) is 0 Å². The zero-order valence-corrected chi connectivity index (χ0v) is 12.5. The predicted octanol–water partition coefficient (Wildman–Crippen LogP) is 4.63. The van der Waals surface area contributed by atoms with Crippen molar-refractivity contribution in [3.8, 4) is 5.75 Å². The number of phenolic OH excluding ortho intramolecular Hbond substituents is 1. The molecule has 0 aliphatic rings. The van der Waals surface area contributed by atoms with Gasteiger partial charge in [0.05, 0.1) is 4.47 Å². The lowest BCUT2D eigenvalue weighted by Gasteiger charge is -2.19. The number of hydrogen-bond acceptors (Lipinski definition) is 2. The molecule has 0 heterocycles. The Morgan fingerprint density at radius 2 is 1.79 bits per heavy atom. The van der Waals surface area contributed by atoms with Crippen LogP contribution in [-0.2, 0) is 0 Å². The summed E-state index contributed by atoms with van der Waals surface area (Å²) in [7, 11) is 0. The molecule has 0 radical (unpaired) electrons. The van der Waals surface area contributed by atoms with Gasteiger partial charge in [-0.15, -0.1) is 0 Å². The number of phenols is 1. The third kappa shape index (κ3) is 2.73. The molecule has 0 aliphatic carbocycles. The minimum atomic E-state index is -4.61. The summed E-state index contributed by atoms with van der Waals surface area (Å²) in [5.74, 6) is -0.486. The maximum absolute atomic E-state index is 12.7. The molecule has 0 saturated heterocycles. The highest BCUT2D eigenvalue weighted by molar-refractivity contribution is 9.11. The summed E-state index contributed by atoms with van der Waals surface area (Å²) >= 11 is 6.35. The molecule has 19 heavy (non-hydrogen) atoms. The third-order valence-corrected chi connectivity index (χ3v) is 4.03. The first kappa shape index (κ1) is 14.6. The number of rotatable bonds is 1. The highest BCUT2D eigenvalue weighted by atomic mass is 79.9. The van der Waals surface area contributed by atoms with E-state index in [-0.39, 0.29) is 10.0 Å². The molecule has 0 bridgehead atoms. The highest BCUT2D eigenvalue weighted by Crippen LogP contribution is 2.42. The van der Waals surface area contributed by atoms with Gasteiger partial charge in [0.25, 0.3) is 0 Å². The molecular weight excluding hydrogens is 391 g/mol. The molecular formula is C12H8Br2F3NO. The van der Waals surface area contributed by atoms with Gasteiger partial charge in [0.2, 0.25) is 0 Å². The second-order valence-corrected chi connectivity index (χ2v) is 5.72. The van der Waals surface area contributed by atoms with Crippen molar-refractivity contribution < 1.29 is 18.3 Å². The Labute approximate surface area is 123 Å². The quantitative estimate of drug-likeness (QED) is 0.735. The minimum absolute atomic E-state index is 0.201. The van der Waals surface area contributed by atoms with Crippen molar-refractivity contribution >= 4 is 42.6 Å². The van der Waals surface area contributed by atoms with Crippen LogP contribution >= 0.6 is 31.9 Å². The van der Waals surface area contributed by atoms with Crippen LogP contribution in [-0.4, -0.2) is 11.3 Å². The Kier molecular flexibility index (Phi) is 3.81. The number of hydrogen-bond donors (Lipinski definition) is 2. The zero-order valence-electron chi connectivity index (χ0n) is 9.30. The summed E-state index contributed by atoms with van der Waals surface area (Å²) in [6, 6.07) is 4.10. The highest BCUT2D eigenvalue weighted by Gasteiger charge is 2.39. The number of nitrogens with two attached hydrogens (primary N) is 1. The molecule has 0 amide bonds. The van der Waals surface area contributed by atoms with Crippen molar-refractivity contribution in [2.24, 2.45) is 5.73 Å². The number of alkyl halides is 3. The van der Waals surface area contributed by atoms with Gasteiger partial charge in [0, 0.05) is 10.0 Å². The molecule has 3 N–H and O–H groups in total. The van der Waals surface area contributed by atoms with E-state index in [1.54, 1.807) is 18.2 Å². The van der Waals surface area contributed by atoms with Crippen LogP contribution in [0.4, 0.5) is 13.2 Å². The SMILES string of the molecule is N[C@H](c1cc2cc(Br)ccc2c(Br)c1O)C(F)(F)F.